The monoisotopic (exact) mass is 801 g/mol. The maximum Gasteiger partial charge on any atom is 0.425 e. The number of carbonyl (C=O) groups excluding carboxylic acids is 2. The zero-order valence-electron chi connectivity index (χ0n) is 32.5. The van der Waals surface area contributed by atoms with Crippen molar-refractivity contribution in [2.45, 2.75) is 115 Å². The Bertz CT molecular complexity index is 2240. The van der Waals surface area contributed by atoms with Gasteiger partial charge in [0, 0.05) is 36.7 Å². The Morgan fingerprint density at radius 1 is 0.929 bits per heavy atom. The molecule has 56 heavy (non-hydrogen) atoms. The molecule has 6 rings (SSSR count). The van der Waals surface area contributed by atoms with Crippen LogP contribution in [0, 0.1) is 17.5 Å². The zero-order valence-corrected chi connectivity index (χ0v) is 33.4. The molecule has 2 aromatic carbocycles. The highest BCUT2D eigenvalue weighted by Gasteiger charge is 2.43. The van der Waals surface area contributed by atoms with Gasteiger partial charge in [-0.25, -0.2) is 36.2 Å². The number of nitrogens with zero attached hydrogens (tertiary/aromatic N) is 4. The van der Waals surface area contributed by atoms with Crippen LogP contribution in [0.15, 0.2) is 47.5 Å². The Balaban J connectivity index is 1.58. The highest BCUT2D eigenvalue weighted by Crippen LogP contribution is 2.47. The van der Waals surface area contributed by atoms with Crippen molar-refractivity contribution < 1.29 is 50.1 Å². The number of hydrogen-bond donors (Lipinski definition) is 1. The lowest BCUT2D eigenvalue weighted by Gasteiger charge is -2.36. The van der Waals surface area contributed by atoms with Crippen molar-refractivity contribution in [1.82, 2.24) is 14.8 Å². The number of sulfonamides is 1. The summed E-state index contributed by atoms with van der Waals surface area (Å²) < 4.78 is 99.7. The summed E-state index contributed by atoms with van der Waals surface area (Å²) in [4.78, 5) is 32.4. The minimum atomic E-state index is -4.68. The second-order valence-corrected chi connectivity index (χ2v) is 17.8. The van der Waals surface area contributed by atoms with Crippen molar-refractivity contribution >= 4 is 44.6 Å². The Morgan fingerprint density at radius 2 is 1.52 bits per heavy atom. The first-order valence-electron chi connectivity index (χ1n) is 18.3. The zero-order chi connectivity index (χ0) is 41.0. The van der Waals surface area contributed by atoms with Crippen LogP contribution in [0.1, 0.15) is 98.6 Å². The van der Waals surface area contributed by atoms with Crippen molar-refractivity contribution in [2.75, 3.05) is 22.8 Å². The summed E-state index contributed by atoms with van der Waals surface area (Å²) in [5, 5.41) is 4.78. The highest BCUT2D eigenvalue weighted by atomic mass is 32.2. The van der Waals surface area contributed by atoms with Crippen LogP contribution >= 0.6 is 0 Å². The van der Waals surface area contributed by atoms with Gasteiger partial charge in [-0.2, -0.15) is 10.00 Å². The number of amides is 2. The molecule has 0 unspecified atom stereocenters. The first-order chi connectivity index (χ1) is 26.1. The van der Waals surface area contributed by atoms with Crippen LogP contribution in [0.4, 0.5) is 34.3 Å². The number of halogens is 3. The maximum absolute atomic E-state index is 16.5. The lowest BCUT2D eigenvalue weighted by molar-refractivity contribution is -0.178. The molecule has 1 aliphatic heterocycles. The normalized spacial score (nSPS) is 16.4. The quantitative estimate of drug-likeness (QED) is 0.192. The Kier molecular flexibility index (Phi) is 10.9. The van der Waals surface area contributed by atoms with Gasteiger partial charge in [-0.1, -0.05) is 12.1 Å². The number of imide groups is 1. The summed E-state index contributed by atoms with van der Waals surface area (Å²) in [6.45, 7) is 14.3. The molecule has 1 saturated heterocycles. The predicted octanol–water partition coefficient (Wildman–Crippen LogP) is 8.97. The van der Waals surface area contributed by atoms with E-state index in [1.165, 1.54) is 12.1 Å². The molecule has 1 aliphatic carbocycles. The molecule has 13 nitrogen and oxygen atoms in total. The Labute approximate surface area is 323 Å². The average Bonchev–Trinajstić information content (AvgIpc) is 3.71. The van der Waals surface area contributed by atoms with Gasteiger partial charge >= 0.3 is 12.2 Å². The van der Waals surface area contributed by atoms with Gasteiger partial charge in [-0.15, -0.1) is 0 Å². The number of fused-ring (bicyclic) bond motifs is 1. The molecule has 1 spiro atoms. The summed E-state index contributed by atoms with van der Waals surface area (Å²) in [5.74, 6) is -4.58. The number of hydrogen-bond acceptors (Lipinski definition) is 10. The van der Waals surface area contributed by atoms with Crippen LogP contribution < -0.4 is 9.62 Å². The molecule has 2 fully saturated rings. The van der Waals surface area contributed by atoms with Crippen molar-refractivity contribution in [1.29, 1.82) is 0 Å². The fraction of sp³-hybridized carbons (Fsp3) is 0.487. The number of nitrogens with one attached hydrogen (secondary N) is 1. The molecule has 0 bridgehead atoms. The van der Waals surface area contributed by atoms with E-state index in [9.17, 15) is 22.4 Å². The number of benzene rings is 2. The molecular formula is C39H46F3N5O8S. The second-order valence-electron chi connectivity index (χ2n) is 16.2. The molecule has 2 aliphatic rings. The molecule has 3 heterocycles. The third-order valence-electron chi connectivity index (χ3n) is 9.27. The molecule has 1 saturated carbocycles. The standard InChI is InChI=1S/C39H46F3N5O8S/c1-22(2)47-33-25(23-13-15-39(16-14-23)52-17-18-53-39)21-43-34(46(35(48)54-37(3,4)5)36(49)55-38(6,7)8)31(33)32(44-47)24-19-28(42)29(20-27(24)41)45-56(50,51)30-12-10-9-11-26(30)40/h9-12,19-23,45H,13-18H2,1-8H3. The minimum Gasteiger partial charge on any atom is -0.443 e. The van der Waals surface area contributed by atoms with Crippen molar-refractivity contribution in [3.63, 3.8) is 0 Å². The van der Waals surface area contributed by atoms with Gasteiger partial charge in [0.25, 0.3) is 10.0 Å². The van der Waals surface area contributed by atoms with Crippen LogP contribution in [0.5, 0.6) is 0 Å². The number of anilines is 2. The van der Waals surface area contributed by atoms with E-state index in [0.29, 0.717) is 60.9 Å². The van der Waals surface area contributed by atoms with Gasteiger partial charge in [0.15, 0.2) is 11.6 Å². The molecule has 4 aromatic rings. The topological polar surface area (TPSA) is 151 Å². The van der Waals surface area contributed by atoms with E-state index in [-0.39, 0.29) is 22.8 Å². The third-order valence-corrected chi connectivity index (χ3v) is 10.7. The molecule has 17 heteroatoms. The van der Waals surface area contributed by atoms with Crippen molar-refractivity contribution in [3.8, 4) is 11.3 Å². The third kappa shape index (κ3) is 8.34. The van der Waals surface area contributed by atoms with Gasteiger partial charge in [0.2, 0.25) is 0 Å². The van der Waals surface area contributed by atoms with Crippen molar-refractivity contribution in [3.05, 3.63) is 65.6 Å². The van der Waals surface area contributed by atoms with E-state index < -0.39 is 78.8 Å². The average molecular weight is 802 g/mol. The molecule has 2 aromatic heterocycles. The fourth-order valence-corrected chi connectivity index (χ4v) is 8.03. The summed E-state index contributed by atoms with van der Waals surface area (Å²) >= 11 is 0. The van der Waals surface area contributed by atoms with E-state index in [0.717, 1.165) is 18.2 Å². The number of aromatic nitrogens is 3. The summed E-state index contributed by atoms with van der Waals surface area (Å²) in [6.07, 6.45) is 1.63. The smallest absolute Gasteiger partial charge is 0.425 e. The fourth-order valence-electron chi connectivity index (χ4n) is 6.90. The highest BCUT2D eigenvalue weighted by molar-refractivity contribution is 7.92. The maximum atomic E-state index is 16.5. The first kappa shape index (κ1) is 40.9. The minimum absolute atomic E-state index is 0.0135. The molecule has 1 N–H and O–H groups in total. The molecule has 302 valence electrons. The lowest BCUT2D eigenvalue weighted by atomic mass is 9.80. The second kappa shape index (κ2) is 15.0. The number of carbonyl (C=O) groups is 2. The number of rotatable bonds is 7. The SMILES string of the molecule is CC(C)n1nc(-c2cc(F)c(NS(=O)(=O)c3ccccc3F)cc2F)c2c(N(C(=O)OC(C)(C)C)C(=O)OC(C)(C)C)ncc(C3CCC4(CC3)OCCO4)c21. The van der Waals surface area contributed by atoms with E-state index in [2.05, 4.69) is 4.98 Å². The van der Waals surface area contributed by atoms with Crippen molar-refractivity contribution in [2.24, 2.45) is 0 Å². The van der Waals surface area contributed by atoms with Gasteiger partial charge in [0.05, 0.1) is 29.8 Å². The lowest BCUT2D eigenvalue weighted by Crippen LogP contribution is -2.44. The molecule has 0 radical (unpaired) electrons. The predicted molar refractivity (Wildman–Crippen MR) is 201 cm³/mol. The molecule has 0 atom stereocenters. The number of ether oxygens (including phenoxy) is 4. The van der Waals surface area contributed by atoms with E-state index in [1.54, 1.807) is 52.4 Å². The van der Waals surface area contributed by atoms with E-state index >= 15 is 8.78 Å². The Morgan fingerprint density at radius 3 is 2.07 bits per heavy atom. The largest absolute Gasteiger partial charge is 0.443 e. The summed E-state index contributed by atoms with van der Waals surface area (Å²) in [7, 11) is -4.68. The van der Waals surface area contributed by atoms with Gasteiger partial charge in [-0.05, 0) is 97.9 Å². The van der Waals surface area contributed by atoms with Crippen LogP contribution in [-0.4, -0.2) is 65.6 Å². The van der Waals surface area contributed by atoms with E-state index in [4.69, 9.17) is 24.0 Å². The van der Waals surface area contributed by atoms with Crippen LogP contribution in [-0.2, 0) is 29.0 Å². The van der Waals surface area contributed by atoms with Gasteiger partial charge in [-0.3, -0.25) is 9.40 Å². The number of pyridine rings is 1. The van der Waals surface area contributed by atoms with Crippen LogP contribution in [0.3, 0.4) is 0 Å². The van der Waals surface area contributed by atoms with E-state index in [1.807, 2.05) is 18.6 Å². The first-order valence-corrected chi connectivity index (χ1v) is 19.8. The van der Waals surface area contributed by atoms with Crippen LogP contribution in [0.2, 0.25) is 0 Å². The molecule has 2 amide bonds. The van der Waals surface area contributed by atoms with Gasteiger partial charge in [0.1, 0.15) is 39.2 Å². The summed E-state index contributed by atoms with van der Waals surface area (Å²) in [6, 6.07) is 5.43. The Hall–Kier alpha value is -4.74. The van der Waals surface area contributed by atoms with Crippen LogP contribution in [0.25, 0.3) is 22.2 Å². The van der Waals surface area contributed by atoms with Gasteiger partial charge < -0.3 is 18.9 Å². The molecular weight excluding hydrogens is 756 g/mol. The summed E-state index contributed by atoms with van der Waals surface area (Å²) in [5.41, 5.74) is -2.52.